The van der Waals surface area contributed by atoms with E-state index < -0.39 is 0 Å². The largest absolute Gasteiger partial charge is 0.385 e. The lowest BCUT2D eigenvalue weighted by atomic mass is 10.2. The van der Waals surface area contributed by atoms with Gasteiger partial charge in [-0.2, -0.15) is 0 Å². The van der Waals surface area contributed by atoms with Gasteiger partial charge in [-0.05, 0) is 36.2 Å². The van der Waals surface area contributed by atoms with E-state index in [1.165, 1.54) is 5.56 Å². The zero-order valence-corrected chi connectivity index (χ0v) is 16.8. The summed E-state index contributed by atoms with van der Waals surface area (Å²) in [7, 11) is 1.67. The van der Waals surface area contributed by atoms with Crippen LogP contribution < -0.4 is 0 Å². The van der Waals surface area contributed by atoms with Crippen LogP contribution in [0.25, 0.3) is 0 Å². The summed E-state index contributed by atoms with van der Waals surface area (Å²) in [5, 5.41) is 0.476. The SMILES string of the molecule is COCCCN(Cc1cccn1Cc1ccccc1)C(=O)c1ccccc1Cl. The van der Waals surface area contributed by atoms with Crippen LogP contribution in [-0.4, -0.2) is 35.6 Å². The van der Waals surface area contributed by atoms with Crippen LogP contribution in [0.3, 0.4) is 0 Å². The third-order valence-corrected chi connectivity index (χ3v) is 4.97. The molecule has 5 heteroatoms. The van der Waals surface area contributed by atoms with Gasteiger partial charge in [-0.1, -0.05) is 54.1 Å². The Kier molecular flexibility index (Phi) is 7.29. The summed E-state index contributed by atoms with van der Waals surface area (Å²) in [5.41, 5.74) is 2.84. The number of benzene rings is 2. The molecule has 0 bridgehead atoms. The Labute approximate surface area is 171 Å². The molecule has 3 aromatic rings. The maximum atomic E-state index is 13.1. The summed E-state index contributed by atoms with van der Waals surface area (Å²) in [6.07, 6.45) is 2.82. The van der Waals surface area contributed by atoms with Crippen molar-refractivity contribution in [3.8, 4) is 0 Å². The number of aromatic nitrogens is 1. The molecule has 0 aliphatic heterocycles. The van der Waals surface area contributed by atoms with Gasteiger partial charge in [0, 0.05) is 38.7 Å². The Balaban J connectivity index is 1.79. The molecule has 1 heterocycles. The highest BCUT2D eigenvalue weighted by molar-refractivity contribution is 6.33. The highest BCUT2D eigenvalue weighted by Crippen LogP contribution is 2.19. The lowest BCUT2D eigenvalue weighted by Crippen LogP contribution is -2.33. The molecule has 0 saturated heterocycles. The normalized spacial score (nSPS) is 10.8. The number of hydrogen-bond acceptors (Lipinski definition) is 2. The number of rotatable bonds is 9. The van der Waals surface area contributed by atoms with Gasteiger partial charge < -0.3 is 14.2 Å². The van der Waals surface area contributed by atoms with Crippen LogP contribution in [-0.2, 0) is 17.8 Å². The summed E-state index contributed by atoms with van der Waals surface area (Å²) < 4.78 is 7.35. The lowest BCUT2D eigenvalue weighted by molar-refractivity contribution is 0.0720. The Morgan fingerprint density at radius 1 is 1.04 bits per heavy atom. The lowest BCUT2D eigenvalue weighted by Gasteiger charge is -2.24. The van der Waals surface area contributed by atoms with Gasteiger partial charge in [0.1, 0.15) is 0 Å². The third kappa shape index (κ3) is 5.24. The Hall–Kier alpha value is -2.56. The van der Waals surface area contributed by atoms with E-state index in [4.69, 9.17) is 16.3 Å². The molecule has 28 heavy (non-hydrogen) atoms. The van der Waals surface area contributed by atoms with Gasteiger partial charge in [0.15, 0.2) is 0 Å². The molecule has 0 atom stereocenters. The molecule has 0 N–H and O–H groups in total. The van der Waals surface area contributed by atoms with Gasteiger partial charge in [0.05, 0.1) is 17.1 Å². The molecule has 0 unspecified atom stereocenters. The fourth-order valence-electron chi connectivity index (χ4n) is 3.18. The topological polar surface area (TPSA) is 34.5 Å². The van der Waals surface area contributed by atoms with E-state index in [1.54, 1.807) is 19.2 Å². The van der Waals surface area contributed by atoms with Gasteiger partial charge in [-0.3, -0.25) is 4.79 Å². The molecular weight excluding hydrogens is 372 g/mol. The Morgan fingerprint density at radius 2 is 1.79 bits per heavy atom. The predicted octanol–water partition coefficient (Wildman–Crippen LogP) is 4.87. The van der Waals surface area contributed by atoms with Gasteiger partial charge >= 0.3 is 0 Å². The predicted molar refractivity (Wildman–Crippen MR) is 113 cm³/mol. The minimum Gasteiger partial charge on any atom is -0.385 e. The summed E-state index contributed by atoms with van der Waals surface area (Å²) in [5.74, 6) is -0.0610. The third-order valence-electron chi connectivity index (χ3n) is 4.64. The van der Waals surface area contributed by atoms with E-state index in [1.807, 2.05) is 41.3 Å². The van der Waals surface area contributed by atoms with Crippen LogP contribution in [0.5, 0.6) is 0 Å². The molecule has 146 valence electrons. The Bertz CT molecular complexity index is 892. The molecule has 3 rings (SSSR count). The van der Waals surface area contributed by atoms with Crippen LogP contribution in [0.1, 0.15) is 28.0 Å². The zero-order valence-electron chi connectivity index (χ0n) is 16.1. The number of carbonyl (C=O) groups is 1. The van der Waals surface area contributed by atoms with Gasteiger partial charge in [0.25, 0.3) is 5.91 Å². The first kappa shape index (κ1) is 20.2. The molecule has 2 aromatic carbocycles. The van der Waals surface area contributed by atoms with E-state index in [9.17, 15) is 4.79 Å². The van der Waals surface area contributed by atoms with Crippen LogP contribution in [0, 0.1) is 0 Å². The fraction of sp³-hybridized carbons (Fsp3) is 0.261. The van der Waals surface area contributed by atoms with Crippen LogP contribution in [0.4, 0.5) is 0 Å². The first-order valence-corrected chi connectivity index (χ1v) is 9.77. The van der Waals surface area contributed by atoms with E-state index >= 15 is 0 Å². The van der Waals surface area contributed by atoms with Crippen molar-refractivity contribution in [3.05, 3.63) is 94.8 Å². The maximum Gasteiger partial charge on any atom is 0.255 e. The number of halogens is 1. The number of amides is 1. The minimum atomic E-state index is -0.0610. The molecule has 1 aromatic heterocycles. The number of hydrogen-bond donors (Lipinski definition) is 0. The van der Waals surface area contributed by atoms with Gasteiger partial charge in [-0.25, -0.2) is 0 Å². The minimum absolute atomic E-state index is 0.0610. The number of methoxy groups -OCH3 is 1. The van der Waals surface area contributed by atoms with E-state index in [-0.39, 0.29) is 5.91 Å². The highest BCUT2D eigenvalue weighted by atomic mass is 35.5. The molecule has 0 aliphatic carbocycles. The quantitative estimate of drug-likeness (QED) is 0.483. The van der Waals surface area contributed by atoms with Crippen molar-refractivity contribution >= 4 is 17.5 Å². The van der Waals surface area contributed by atoms with Crippen molar-refractivity contribution in [2.75, 3.05) is 20.3 Å². The maximum absolute atomic E-state index is 13.1. The van der Waals surface area contributed by atoms with Crippen LogP contribution in [0.15, 0.2) is 72.9 Å². The van der Waals surface area contributed by atoms with Crippen molar-refractivity contribution in [3.63, 3.8) is 0 Å². The monoisotopic (exact) mass is 396 g/mol. The molecule has 1 amide bonds. The first-order chi connectivity index (χ1) is 13.7. The van der Waals surface area contributed by atoms with E-state index in [0.29, 0.717) is 30.3 Å². The standard InChI is InChI=1S/C23H25ClN2O2/c1-28-16-8-15-26(23(27)21-12-5-6-13-22(21)24)18-20-11-7-14-25(20)17-19-9-3-2-4-10-19/h2-7,9-14H,8,15-18H2,1H3. The highest BCUT2D eigenvalue weighted by Gasteiger charge is 2.19. The molecule has 0 radical (unpaired) electrons. The summed E-state index contributed by atoms with van der Waals surface area (Å²) in [4.78, 5) is 15.0. The average Bonchev–Trinajstić information content (AvgIpc) is 3.14. The van der Waals surface area contributed by atoms with Crippen LogP contribution >= 0.6 is 11.6 Å². The molecule has 0 fully saturated rings. The van der Waals surface area contributed by atoms with Crippen molar-refractivity contribution in [2.24, 2.45) is 0 Å². The number of carbonyl (C=O) groups excluding carboxylic acids is 1. The van der Waals surface area contributed by atoms with Crippen LogP contribution in [0.2, 0.25) is 5.02 Å². The second-order valence-corrected chi connectivity index (χ2v) is 7.07. The van der Waals surface area contributed by atoms with Crippen molar-refractivity contribution in [1.29, 1.82) is 0 Å². The van der Waals surface area contributed by atoms with Crippen molar-refractivity contribution in [2.45, 2.75) is 19.5 Å². The molecule has 0 saturated carbocycles. The fourth-order valence-corrected chi connectivity index (χ4v) is 3.40. The van der Waals surface area contributed by atoms with E-state index in [2.05, 4.69) is 29.0 Å². The number of ether oxygens (including phenoxy) is 1. The van der Waals surface area contributed by atoms with Crippen molar-refractivity contribution in [1.82, 2.24) is 9.47 Å². The van der Waals surface area contributed by atoms with E-state index in [0.717, 1.165) is 18.7 Å². The first-order valence-electron chi connectivity index (χ1n) is 9.39. The summed E-state index contributed by atoms with van der Waals surface area (Å²) >= 11 is 6.27. The molecule has 0 spiro atoms. The Morgan fingerprint density at radius 3 is 2.54 bits per heavy atom. The van der Waals surface area contributed by atoms with Crippen molar-refractivity contribution < 1.29 is 9.53 Å². The second kappa shape index (κ2) is 10.1. The molecule has 4 nitrogen and oxygen atoms in total. The zero-order chi connectivity index (χ0) is 19.8. The smallest absolute Gasteiger partial charge is 0.255 e. The molecule has 0 aliphatic rings. The van der Waals surface area contributed by atoms with Gasteiger partial charge in [-0.15, -0.1) is 0 Å². The second-order valence-electron chi connectivity index (χ2n) is 6.67. The summed E-state index contributed by atoms with van der Waals surface area (Å²) in [6, 6.07) is 21.6. The summed E-state index contributed by atoms with van der Waals surface area (Å²) in [6.45, 7) is 2.51. The van der Waals surface area contributed by atoms with Gasteiger partial charge in [0.2, 0.25) is 0 Å². The molecular formula is C23H25ClN2O2. The number of nitrogens with zero attached hydrogens (tertiary/aromatic N) is 2. The average molecular weight is 397 g/mol.